The summed E-state index contributed by atoms with van der Waals surface area (Å²) in [5.41, 5.74) is 7.38. The number of methoxy groups -OCH3 is 1. The van der Waals surface area contributed by atoms with Crippen LogP contribution < -0.4 is 15.8 Å². The molecule has 0 saturated heterocycles. The van der Waals surface area contributed by atoms with Crippen molar-refractivity contribution in [3.63, 3.8) is 0 Å². The van der Waals surface area contributed by atoms with Gasteiger partial charge in [-0.05, 0) is 18.4 Å². The molecule has 0 unspecified atom stereocenters. The van der Waals surface area contributed by atoms with E-state index >= 15 is 0 Å². The molecule has 8 heteroatoms. The van der Waals surface area contributed by atoms with Gasteiger partial charge in [-0.2, -0.15) is 4.98 Å². The number of nitrogens with one attached hydrogen (secondary N) is 1. The average Bonchev–Trinajstić information content (AvgIpc) is 3.10. The minimum atomic E-state index is -0.479. The lowest BCUT2D eigenvalue weighted by Crippen LogP contribution is -2.09. The van der Waals surface area contributed by atoms with Crippen molar-refractivity contribution in [2.75, 3.05) is 24.7 Å². The highest BCUT2D eigenvalue weighted by Gasteiger charge is 2.22. The minimum absolute atomic E-state index is 0.0844. The predicted molar refractivity (Wildman–Crippen MR) is 104 cm³/mol. The molecule has 0 aliphatic rings. The molecule has 0 radical (unpaired) electrons. The first-order chi connectivity index (χ1) is 13.0. The zero-order valence-corrected chi connectivity index (χ0v) is 16.0. The van der Waals surface area contributed by atoms with Gasteiger partial charge >= 0.3 is 5.97 Å². The first-order valence-electron chi connectivity index (χ1n) is 8.87. The van der Waals surface area contributed by atoms with Crippen molar-refractivity contribution in [3.8, 4) is 5.75 Å². The number of nitrogen functional groups attached to an aromatic ring is 1. The molecule has 8 nitrogen and oxygen atoms in total. The SMILES string of the molecule is C=C(CC)c1c(C(=O)OC)coc1COc1cnc(N)nc1NCCCC. The number of carbonyl (C=O) groups is 1. The Morgan fingerprint density at radius 3 is 2.85 bits per heavy atom. The van der Waals surface area contributed by atoms with Crippen LogP contribution in [0.4, 0.5) is 11.8 Å². The summed E-state index contributed by atoms with van der Waals surface area (Å²) in [6.07, 6.45) is 5.57. The lowest BCUT2D eigenvalue weighted by Gasteiger charge is -2.12. The number of hydrogen-bond donors (Lipinski definition) is 2. The van der Waals surface area contributed by atoms with Gasteiger partial charge in [-0.3, -0.25) is 0 Å². The molecule has 2 aromatic rings. The van der Waals surface area contributed by atoms with Crippen molar-refractivity contribution in [1.82, 2.24) is 9.97 Å². The summed E-state index contributed by atoms with van der Waals surface area (Å²) in [7, 11) is 1.32. The Kier molecular flexibility index (Phi) is 7.22. The van der Waals surface area contributed by atoms with E-state index in [1.807, 2.05) is 6.92 Å². The second-order valence-electron chi connectivity index (χ2n) is 5.91. The van der Waals surface area contributed by atoms with E-state index in [1.54, 1.807) is 0 Å². The van der Waals surface area contributed by atoms with Gasteiger partial charge in [0.1, 0.15) is 24.2 Å². The normalized spacial score (nSPS) is 10.5. The molecule has 2 aromatic heterocycles. The number of anilines is 2. The molecule has 0 saturated carbocycles. The van der Waals surface area contributed by atoms with Crippen molar-refractivity contribution < 1.29 is 18.7 Å². The number of nitrogens with two attached hydrogens (primary N) is 1. The Morgan fingerprint density at radius 2 is 2.19 bits per heavy atom. The van der Waals surface area contributed by atoms with E-state index in [9.17, 15) is 4.79 Å². The maximum atomic E-state index is 12.0. The van der Waals surface area contributed by atoms with Gasteiger partial charge in [-0.15, -0.1) is 0 Å². The number of nitrogens with zero attached hydrogens (tertiary/aromatic N) is 2. The average molecular weight is 374 g/mol. The summed E-state index contributed by atoms with van der Waals surface area (Å²) in [5, 5.41) is 3.19. The third kappa shape index (κ3) is 4.99. The van der Waals surface area contributed by atoms with Crippen LogP contribution >= 0.6 is 0 Å². The first-order valence-corrected chi connectivity index (χ1v) is 8.87. The molecule has 0 spiro atoms. The first kappa shape index (κ1) is 20.3. The number of unbranched alkanes of at least 4 members (excludes halogenated alkanes) is 1. The smallest absolute Gasteiger partial charge is 0.341 e. The monoisotopic (exact) mass is 374 g/mol. The summed E-state index contributed by atoms with van der Waals surface area (Å²) in [5.74, 6) is 1.13. The quantitative estimate of drug-likeness (QED) is 0.479. The molecule has 0 fully saturated rings. The molecule has 146 valence electrons. The molecule has 2 heterocycles. The maximum Gasteiger partial charge on any atom is 0.341 e. The van der Waals surface area contributed by atoms with Crippen LogP contribution in [0, 0.1) is 0 Å². The summed E-state index contributed by atoms with van der Waals surface area (Å²) < 4.78 is 16.2. The van der Waals surface area contributed by atoms with Gasteiger partial charge in [0, 0.05) is 12.1 Å². The van der Waals surface area contributed by atoms with E-state index in [2.05, 4.69) is 28.8 Å². The number of allylic oxidation sites excluding steroid dienone is 1. The van der Waals surface area contributed by atoms with Crippen LogP contribution in [0.3, 0.4) is 0 Å². The van der Waals surface area contributed by atoms with Crippen LogP contribution in [0.5, 0.6) is 5.75 Å². The molecular formula is C19H26N4O4. The minimum Gasteiger partial charge on any atom is -0.480 e. The fourth-order valence-corrected chi connectivity index (χ4v) is 2.47. The van der Waals surface area contributed by atoms with Crippen LogP contribution in [0.2, 0.25) is 0 Å². The third-order valence-electron chi connectivity index (χ3n) is 4.01. The molecule has 3 N–H and O–H groups in total. The number of aromatic nitrogens is 2. The van der Waals surface area contributed by atoms with Gasteiger partial charge in [-0.25, -0.2) is 9.78 Å². The Hall–Kier alpha value is -3.03. The van der Waals surface area contributed by atoms with Crippen LogP contribution in [0.1, 0.15) is 54.8 Å². The van der Waals surface area contributed by atoms with E-state index in [0.29, 0.717) is 34.9 Å². The van der Waals surface area contributed by atoms with Crippen molar-refractivity contribution in [1.29, 1.82) is 0 Å². The lowest BCUT2D eigenvalue weighted by molar-refractivity contribution is 0.0599. The Balaban J connectivity index is 2.22. The van der Waals surface area contributed by atoms with Gasteiger partial charge in [-0.1, -0.05) is 26.8 Å². The zero-order chi connectivity index (χ0) is 19.8. The fourth-order valence-electron chi connectivity index (χ4n) is 2.47. The fraction of sp³-hybridized carbons (Fsp3) is 0.421. The van der Waals surface area contributed by atoms with Gasteiger partial charge in [0.25, 0.3) is 0 Å². The summed E-state index contributed by atoms with van der Waals surface area (Å²) >= 11 is 0. The highest BCUT2D eigenvalue weighted by atomic mass is 16.5. The topological polar surface area (TPSA) is 112 Å². The van der Waals surface area contributed by atoms with Gasteiger partial charge < -0.3 is 24.9 Å². The van der Waals surface area contributed by atoms with Gasteiger partial charge in [0.2, 0.25) is 5.95 Å². The van der Waals surface area contributed by atoms with Crippen LogP contribution in [0.15, 0.2) is 23.5 Å². The molecule has 0 aliphatic carbocycles. The number of carbonyl (C=O) groups excluding carboxylic acids is 1. The van der Waals surface area contributed by atoms with E-state index in [0.717, 1.165) is 25.0 Å². The van der Waals surface area contributed by atoms with Gasteiger partial charge in [0.05, 0.1) is 13.3 Å². The predicted octanol–water partition coefficient (Wildman–Crippen LogP) is 3.65. The van der Waals surface area contributed by atoms with Crippen LogP contribution in [-0.2, 0) is 11.3 Å². The maximum absolute atomic E-state index is 12.0. The highest BCUT2D eigenvalue weighted by Crippen LogP contribution is 2.29. The molecule has 0 atom stereocenters. The summed E-state index contributed by atoms with van der Waals surface area (Å²) in [6, 6.07) is 0. The van der Waals surface area contributed by atoms with Gasteiger partial charge in [0.15, 0.2) is 11.6 Å². The van der Waals surface area contributed by atoms with E-state index < -0.39 is 5.97 Å². The molecule has 27 heavy (non-hydrogen) atoms. The van der Waals surface area contributed by atoms with E-state index in [-0.39, 0.29) is 12.6 Å². The summed E-state index contributed by atoms with van der Waals surface area (Å²) in [6.45, 7) is 8.89. The molecule has 0 bridgehead atoms. The number of hydrogen-bond acceptors (Lipinski definition) is 8. The molecule has 2 rings (SSSR count). The second kappa shape index (κ2) is 9.61. The van der Waals surface area contributed by atoms with E-state index in [1.165, 1.54) is 19.6 Å². The van der Waals surface area contributed by atoms with Crippen molar-refractivity contribution in [2.24, 2.45) is 0 Å². The van der Waals surface area contributed by atoms with Crippen molar-refractivity contribution >= 4 is 23.3 Å². The highest BCUT2D eigenvalue weighted by molar-refractivity contribution is 5.95. The number of rotatable bonds is 10. The number of furan rings is 1. The second-order valence-corrected chi connectivity index (χ2v) is 5.91. The Bertz CT molecular complexity index is 801. The van der Waals surface area contributed by atoms with Crippen LogP contribution in [-0.4, -0.2) is 29.6 Å². The van der Waals surface area contributed by atoms with Crippen LogP contribution in [0.25, 0.3) is 5.57 Å². The summed E-state index contributed by atoms with van der Waals surface area (Å²) in [4.78, 5) is 20.1. The molecular weight excluding hydrogens is 348 g/mol. The number of ether oxygens (including phenoxy) is 2. The van der Waals surface area contributed by atoms with Crippen molar-refractivity contribution in [2.45, 2.75) is 39.7 Å². The lowest BCUT2D eigenvalue weighted by atomic mass is 10.0. The molecule has 0 aromatic carbocycles. The Labute approximate surface area is 158 Å². The standard InChI is InChI=1S/C19H26N4O4/c1-5-7-8-21-17-14(9-22-19(20)23-17)27-11-15-16(12(3)6-2)13(10-26-15)18(24)25-4/h9-10H,3,5-8,11H2,1-2,4H3,(H3,20,21,22,23). The van der Waals surface area contributed by atoms with E-state index in [4.69, 9.17) is 19.6 Å². The third-order valence-corrected chi connectivity index (χ3v) is 4.01. The zero-order valence-electron chi connectivity index (χ0n) is 16.0. The number of esters is 1. The molecule has 0 amide bonds. The molecule has 0 aliphatic heterocycles. The largest absolute Gasteiger partial charge is 0.480 e. The Morgan fingerprint density at radius 1 is 1.41 bits per heavy atom. The van der Waals surface area contributed by atoms with Crippen molar-refractivity contribution in [3.05, 3.63) is 35.9 Å².